The van der Waals surface area contributed by atoms with Crippen LogP contribution in [-0.2, 0) is 12.0 Å². The number of aliphatic hydroxyl groups excluding tert-OH is 1. The maximum absolute atomic E-state index is 10.5. The fraction of sp³-hybridized carbons (Fsp3) is 0.545. The van der Waals surface area contributed by atoms with Gasteiger partial charge in [0, 0.05) is 18.5 Å². The molecule has 0 amide bonds. The third-order valence-corrected chi connectivity index (χ3v) is 6.16. The maximum Gasteiger partial charge on any atom is 0.166 e. The number of nitrogens with zero attached hydrogens (tertiary/aromatic N) is 1. The lowest BCUT2D eigenvalue weighted by molar-refractivity contribution is 0.0751. The van der Waals surface area contributed by atoms with Crippen molar-refractivity contribution >= 4 is 0 Å². The van der Waals surface area contributed by atoms with Crippen LogP contribution in [0.25, 0.3) is 0 Å². The molecule has 4 nitrogen and oxygen atoms in total. The third kappa shape index (κ3) is 2.58. The normalized spacial score (nSPS) is 29.8. The summed E-state index contributed by atoms with van der Waals surface area (Å²) >= 11 is 0. The second-order valence-electron chi connectivity index (χ2n) is 8.18. The lowest BCUT2D eigenvalue weighted by atomic mass is 9.63. The van der Waals surface area contributed by atoms with E-state index >= 15 is 0 Å². The molecule has 1 N–H and O–H groups in total. The van der Waals surface area contributed by atoms with Gasteiger partial charge in [0.25, 0.3) is 0 Å². The Balaban J connectivity index is 1.94. The van der Waals surface area contributed by atoms with Crippen molar-refractivity contribution < 1.29 is 14.6 Å². The minimum atomic E-state index is -0.448. The number of hydrogen-bond acceptors (Lipinski definition) is 4. The van der Waals surface area contributed by atoms with Crippen LogP contribution in [0.15, 0.2) is 35.4 Å². The molecule has 1 aromatic rings. The predicted octanol–water partition coefficient (Wildman–Crippen LogP) is 3.58. The summed E-state index contributed by atoms with van der Waals surface area (Å²) in [7, 11) is 3.88. The molecule has 4 rings (SSSR count). The molecular weight excluding hydrogens is 326 g/mol. The Morgan fingerprint density at radius 2 is 2.23 bits per heavy atom. The first kappa shape index (κ1) is 17.6. The zero-order valence-electron chi connectivity index (χ0n) is 16.2. The zero-order valence-corrected chi connectivity index (χ0v) is 16.2. The van der Waals surface area contributed by atoms with Crippen LogP contribution >= 0.6 is 0 Å². The molecular formula is C22H29NO3. The van der Waals surface area contributed by atoms with Gasteiger partial charge in [-0.15, -0.1) is 0 Å². The van der Waals surface area contributed by atoms with E-state index < -0.39 is 6.10 Å². The summed E-state index contributed by atoms with van der Waals surface area (Å²) in [6.07, 6.45) is 6.38. The smallest absolute Gasteiger partial charge is 0.166 e. The second-order valence-corrected chi connectivity index (χ2v) is 8.18. The Labute approximate surface area is 156 Å². The van der Waals surface area contributed by atoms with Crippen LogP contribution in [0.4, 0.5) is 0 Å². The lowest BCUT2D eigenvalue weighted by Crippen LogP contribution is -2.46. The van der Waals surface area contributed by atoms with E-state index in [0.29, 0.717) is 6.42 Å². The topological polar surface area (TPSA) is 41.9 Å². The van der Waals surface area contributed by atoms with Gasteiger partial charge in [-0.2, -0.15) is 0 Å². The van der Waals surface area contributed by atoms with Crippen molar-refractivity contribution in [3.8, 4) is 11.5 Å². The molecule has 3 atom stereocenters. The monoisotopic (exact) mass is 355 g/mol. The van der Waals surface area contributed by atoms with Crippen LogP contribution in [0.1, 0.15) is 44.2 Å². The van der Waals surface area contributed by atoms with Crippen LogP contribution < -0.4 is 9.47 Å². The van der Waals surface area contributed by atoms with Gasteiger partial charge in [0.1, 0.15) is 6.10 Å². The quantitative estimate of drug-likeness (QED) is 0.842. The van der Waals surface area contributed by atoms with E-state index in [1.165, 1.54) is 22.3 Å². The number of benzene rings is 1. The van der Waals surface area contributed by atoms with Crippen molar-refractivity contribution in [2.75, 3.05) is 20.7 Å². The molecule has 0 bridgehead atoms. The molecule has 0 radical (unpaired) electrons. The lowest BCUT2D eigenvalue weighted by Gasteiger charge is -2.41. The van der Waals surface area contributed by atoms with Crippen molar-refractivity contribution in [1.82, 2.24) is 4.90 Å². The van der Waals surface area contributed by atoms with E-state index in [4.69, 9.17) is 9.47 Å². The molecule has 0 unspecified atom stereocenters. The Morgan fingerprint density at radius 1 is 1.42 bits per heavy atom. The summed E-state index contributed by atoms with van der Waals surface area (Å²) in [6, 6.07) is 4.21. The van der Waals surface area contributed by atoms with Crippen molar-refractivity contribution in [3.05, 3.63) is 46.6 Å². The number of methoxy groups -OCH3 is 1. The standard InChI is InChI=1S/C22H29NO3/c1-14(2)5-7-16-11-17(24)12-19-22(16)9-10-23(3)13-15-6-8-18(25-4)21(26-19)20(15)22/h5-6,8,11,17,19,24H,7,9-10,12-13H2,1-4H3/t17-,19-,22+/m0/s1. The molecule has 0 saturated carbocycles. The number of ether oxygens (including phenoxy) is 2. The fourth-order valence-corrected chi connectivity index (χ4v) is 4.94. The van der Waals surface area contributed by atoms with E-state index in [-0.39, 0.29) is 11.5 Å². The van der Waals surface area contributed by atoms with Crippen LogP contribution in [0.2, 0.25) is 0 Å². The summed E-state index contributed by atoms with van der Waals surface area (Å²) in [4.78, 5) is 2.38. The summed E-state index contributed by atoms with van der Waals surface area (Å²) in [5.41, 5.74) is 5.06. The molecule has 2 heterocycles. The second kappa shape index (κ2) is 6.43. The SMILES string of the molecule is COc1ccc2c3c1O[C@H]1C[C@@H](O)C=C(CC=C(C)C)[C@@]31CCN(C)C2. The van der Waals surface area contributed by atoms with Gasteiger partial charge in [-0.1, -0.05) is 29.4 Å². The van der Waals surface area contributed by atoms with Gasteiger partial charge in [0.2, 0.25) is 0 Å². The largest absolute Gasteiger partial charge is 0.493 e. The first-order chi connectivity index (χ1) is 12.5. The first-order valence-corrected chi connectivity index (χ1v) is 9.54. The Bertz CT molecular complexity index is 778. The van der Waals surface area contributed by atoms with Crippen molar-refractivity contribution in [2.24, 2.45) is 0 Å². The first-order valence-electron chi connectivity index (χ1n) is 9.54. The molecule has 1 aliphatic carbocycles. The van der Waals surface area contributed by atoms with Crippen LogP contribution in [-0.4, -0.2) is 42.9 Å². The van der Waals surface area contributed by atoms with Crippen LogP contribution in [0, 0.1) is 0 Å². The number of hydrogen-bond donors (Lipinski definition) is 1. The van der Waals surface area contributed by atoms with E-state index in [0.717, 1.165) is 37.4 Å². The maximum atomic E-state index is 10.5. The zero-order chi connectivity index (χ0) is 18.5. The predicted molar refractivity (Wildman–Crippen MR) is 103 cm³/mol. The molecule has 0 aromatic heterocycles. The molecule has 140 valence electrons. The Hall–Kier alpha value is -1.78. The molecule has 1 spiro atoms. The average Bonchev–Trinajstić information content (AvgIpc) is 2.85. The molecule has 0 fully saturated rings. The van der Waals surface area contributed by atoms with Crippen molar-refractivity contribution in [3.63, 3.8) is 0 Å². The highest BCUT2D eigenvalue weighted by Gasteiger charge is 2.56. The summed E-state index contributed by atoms with van der Waals surface area (Å²) < 4.78 is 12.1. The number of allylic oxidation sites excluding steroid dienone is 2. The van der Waals surface area contributed by atoms with E-state index in [1.54, 1.807) is 7.11 Å². The molecule has 2 aliphatic heterocycles. The Morgan fingerprint density at radius 3 is 2.96 bits per heavy atom. The summed E-state index contributed by atoms with van der Waals surface area (Å²) in [6.45, 7) is 6.19. The van der Waals surface area contributed by atoms with E-state index in [2.05, 4.69) is 44.0 Å². The molecule has 4 heteroatoms. The minimum Gasteiger partial charge on any atom is -0.493 e. The van der Waals surface area contributed by atoms with Gasteiger partial charge in [0.05, 0.1) is 18.6 Å². The third-order valence-electron chi connectivity index (χ3n) is 6.16. The van der Waals surface area contributed by atoms with Gasteiger partial charge in [-0.25, -0.2) is 0 Å². The number of rotatable bonds is 3. The highest BCUT2D eigenvalue weighted by molar-refractivity contribution is 5.62. The van der Waals surface area contributed by atoms with Gasteiger partial charge in [0.15, 0.2) is 11.5 Å². The molecule has 3 aliphatic rings. The summed E-state index contributed by atoms with van der Waals surface area (Å²) in [5, 5.41) is 10.5. The Kier molecular flexibility index (Phi) is 4.36. The van der Waals surface area contributed by atoms with Crippen molar-refractivity contribution in [2.45, 2.75) is 57.3 Å². The molecule has 0 saturated heterocycles. The highest BCUT2D eigenvalue weighted by atomic mass is 16.5. The number of aliphatic hydroxyl groups is 1. The fourth-order valence-electron chi connectivity index (χ4n) is 4.94. The van der Waals surface area contributed by atoms with E-state index in [9.17, 15) is 5.11 Å². The minimum absolute atomic E-state index is 0.0281. The highest BCUT2D eigenvalue weighted by Crippen LogP contribution is 2.58. The average molecular weight is 355 g/mol. The van der Waals surface area contributed by atoms with Crippen LogP contribution in [0.3, 0.4) is 0 Å². The van der Waals surface area contributed by atoms with Crippen molar-refractivity contribution in [1.29, 1.82) is 0 Å². The molecule has 26 heavy (non-hydrogen) atoms. The van der Waals surface area contributed by atoms with Gasteiger partial charge in [-0.3, -0.25) is 0 Å². The van der Waals surface area contributed by atoms with Crippen LogP contribution in [0.5, 0.6) is 11.5 Å². The summed E-state index contributed by atoms with van der Waals surface area (Å²) in [5.74, 6) is 1.70. The van der Waals surface area contributed by atoms with Gasteiger partial charge >= 0.3 is 0 Å². The molecule has 1 aromatic carbocycles. The van der Waals surface area contributed by atoms with Gasteiger partial charge < -0.3 is 19.5 Å². The van der Waals surface area contributed by atoms with E-state index in [1.807, 2.05) is 6.07 Å². The van der Waals surface area contributed by atoms with Gasteiger partial charge in [-0.05, 0) is 51.9 Å².